The maximum atomic E-state index is 6.53. The van der Waals surface area contributed by atoms with Gasteiger partial charge in [-0.25, -0.2) is 4.98 Å². The summed E-state index contributed by atoms with van der Waals surface area (Å²) < 4.78 is 1.91. The summed E-state index contributed by atoms with van der Waals surface area (Å²) in [5.74, 6) is 2.13. The molecule has 17 heavy (non-hydrogen) atoms. The van der Waals surface area contributed by atoms with E-state index in [9.17, 15) is 0 Å². The summed E-state index contributed by atoms with van der Waals surface area (Å²) in [6.45, 7) is 2.25. The molecule has 2 N–H and O–H groups in total. The number of hydrogen-bond donors (Lipinski definition) is 1. The lowest BCUT2D eigenvalue weighted by atomic mass is 9.76. The minimum atomic E-state index is -0.347. The summed E-state index contributed by atoms with van der Waals surface area (Å²) in [4.78, 5) is 4.18. The average Bonchev–Trinajstić information content (AvgIpc) is 2.72. The fourth-order valence-corrected chi connectivity index (χ4v) is 2.88. The third-order valence-electron chi connectivity index (χ3n) is 3.67. The predicted octanol–water partition coefficient (Wildman–Crippen LogP) is 1.49. The molecule has 1 saturated carbocycles. The Balaban J connectivity index is 2.08. The molecule has 2 atom stereocenters. The van der Waals surface area contributed by atoms with Gasteiger partial charge in [0.25, 0.3) is 5.78 Å². The summed E-state index contributed by atoms with van der Waals surface area (Å²) in [5.41, 5.74) is 6.18. The third-order valence-corrected chi connectivity index (χ3v) is 3.67. The van der Waals surface area contributed by atoms with Crippen LogP contribution in [0.15, 0.2) is 18.5 Å². The van der Waals surface area contributed by atoms with Crippen LogP contribution in [0.3, 0.4) is 0 Å². The molecule has 1 aliphatic rings. The highest BCUT2D eigenvalue weighted by atomic mass is 15.3. The second kappa shape index (κ2) is 3.77. The minimum absolute atomic E-state index is 0.347. The lowest BCUT2D eigenvalue weighted by molar-refractivity contribution is 0.226. The fourth-order valence-electron chi connectivity index (χ4n) is 2.88. The van der Waals surface area contributed by atoms with Crippen LogP contribution < -0.4 is 5.73 Å². The van der Waals surface area contributed by atoms with Gasteiger partial charge < -0.3 is 5.73 Å². The lowest BCUT2D eigenvalue weighted by Gasteiger charge is -2.35. The van der Waals surface area contributed by atoms with Crippen LogP contribution in [0.25, 0.3) is 5.78 Å². The molecule has 0 saturated heterocycles. The SMILES string of the molecule is CC1CCCC(N)(c2nnc3ncccn23)C1. The van der Waals surface area contributed by atoms with E-state index in [1.807, 2.05) is 16.7 Å². The Hall–Kier alpha value is -1.49. The summed E-state index contributed by atoms with van der Waals surface area (Å²) in [5, 5.41) is 8.34. The van der Waals surface area contributed by atoms with Crippen LogP contribution in [-0.4, -0.2) is 19.6 Å². The van der Waals surface area contributed by atoms with Gasteiger partial charge in [-0.05, 0) is 24.8 Å². The van der Waals surface area contributed by atoms with Gasteiger partial charge in [0.1, 0.15) is 0 Å². The van der Waals surface area contributed by atoms with Gasteiger partial charge in [0.2, 0.25) is 0 Å². The average molecular weight is 231 g/mol. The van der Waals surface area contributed by atoms with Gasteiger partial charge in [-0.1, -0.05) is 19.8 Å². The van der Waals surface area contributed by atoms with Crippen LogP contribution in [0, 0.1) is 5.92 Å². The lowest BCUT2D eigenvalue weighted by Crippen LogP contribution is -2.42. The standard InChI is InChI=1S/C12H17N5/c1-9-4-2-5-12(13,8-9)10-15-16-11-14-6-3-7-17(10)11/h3,6-7,9H,2,4-5,8,13H2,1H3. The molecule has 0 aliphatic heterocycles. The molecule has 0 aromatic carbocycles. The highest BCUT2D eigenvalue weighted by Crippen LogP contribution is 2.36. The molecule has 2 unspecified atom stereocenters. The first-order chi connectivity index (χ1) is 8.19. The zero-order valence-corrected chi connectivity index (χ0v) is 10.0. The molecule has 0 bridgehead atoms. The number of hydrogen-bond acceptors (Lipinski definition) is 4. The van der Waals surface area contributed by atoms with Crippen molar-refractivity contribution in [2.24, 2.45) is 11.7 Å². The Bertz CT molecular complexity index is 534. The van der Waals surface area contributed by atoms with Gasteiger partial charge in [0.05, 0.1) is 5.54 Å². The summed E-state index contributed by atoms with van der Waals surface area (Å²) in [6.07, 6.45) is 8.03. The number of fused-ring (bicyclic) bond motifs is 1. The molecule has 0 amide bonds. The highest BCUT2D eigenvalue weighted by molar-refractivity contribution is 5.29. The molecule has 2 aromatic rings. The molecule has 5 nitrogen and oxygen atoms in total. The van der Waals surface area contributed by atoms with Crippen LogP contribution >= 0.6 is 0 Å². The predicted molar refractivity (Wildman–Crippen MR) is 64.3 cm³/mol. The van der Waals surface area contributed by atoms with E-state index in [1.165, 1.54) is 6.42 Å². The zero-order valence-electron chi connectivity index (χ0n) is 10.0. The smallest absolute Gasteiger partial charge is 0.255 e. The number of aromatic nitrogens is 4. The van der Waals surface area contributed by atoms with Crippen molar-refractivity contribution in [1.82, 2.24) is 19.6 Å². The molecule has 0 spiro atoms. The van der Waals surface area contributed by atoms with Crippen LogP contribution in [0.2, 0.25) is 0 Å². The molecule has 0 radical (unpaired) electrons. The van der Waals surface area contributed by atoms with Crippen molar-refractivity contribution in [2.45, 2.75) is 38.1 Å². The van der Waals surface area contributed by atoms with Crippen LogP contribution in [0.1, 0.15) is 38.4 Å². The Morgan fingerprint density at radius 1 is 1.47 bits per heavy atom. The highest BCUT2D eigenvalue weighted by Gasteiger charge is 2.36. The second-order valence-electron chi connectivity index (χ2n) is 5.17. The fraction of sp³-hybridized carbons (Fsp3) is 0.583. The molecular weight excluding hydrogens is 214 g/mol. The summed E-state index contributed by atoms with van der Waals surface area (Å²) in [7, 11) is 0. The molecule has 1 aliphatic carbocycles. The van der Waals surface area contributed by atoms with E-state index in [0.717, 1.165) is 25.1 Å². The molecule has 2 aromatic heterocycles. The minimum Gasteiger partial charge on any atom is -0.319 e. The van der Waals surface area contributed by atoms with Gasteiger partial charge in [-0.15, -0.1) is 10.2 Å². The zero-order chi connectivity index (χ0) is 11.9. The Kier molecular flexibility index (Phi) is 2.36. The normalized spacial score (nSPS) is 29.6. The largest absolute Gasteiger partial charge is 0.319 e. The molecule has 5 heteroatoms. The number of nitrogens with two attached hydrogens (primary N) is 1. The second-order valence-corrected chi connectivity index (χ2v) is 5.17. The van der Waals surface area contributed by atoms with E-state index >= 15 is 0 Å². The van der Waals surface area contributed by atoms with E-state index in [2.05, 4.69) is 22.1 Å². The van der Waals surface area contributed by atoms with E-state index in [4.69, 9.17) is 5.73 Å². The van der Waals surface area contributed by atoms with Crippen molar-refractivity contribution in [3.8, 4) is 0 Å². The number of rotatable bonds is 1. The first-order valence-electron chi connectivity index (χ1n) is 6.14. The monoisotopic (exact) mass is 231 g/mol. The Morgan fingerprint density at radius 3 is 3.18 bits per heavy atom. The van der Waals surface area contributed by atoms with Gasteiger partial charge in [0.15, 0.2) is 5.82 Å². The third kappa shape index (κ3) is 1.70. The van der Waals surface area contributed by atoms with Crippen molar-refractivity contribution in [2.75, 3.05) is 0 Å². The topological polar surface area (TPSA) is 69.1 Å². The van der Waals surface area contributed by atoms with Crippen molar-refractivity contribution in [1.29, 1.82) is 0 Å². The molecule has 90 valence electrons. The van der Waals surface area contributed by atoms with E-state index in [1.54, 1.807) is 6.20 Å². The van der Waals surface area contributed by atoms with Gasteiger partial charge in [-0.3, -0.25) is 4.40 Å². The van der Waals surface area contributed by atoms with Gasteiger partial charge in [-0.2, -0.15) is 0 Å². The van der Waals surface area contributed by atoms with Gasteiger partial charge >= 0.3 is 0 Å². The van der Waals surface area contributed by atoms with Crippen molar-refractivity contribution < 1.29 is 0 Å². The quantitative estimate of drug-likeness (QED) is 0.807. The molecular formula is C12H17N5. The van der Waals surface area contributed by atoms with Gasteiger partial charge in [0, 0.05) is 12.4 Å². The maximum Gasteiger partial charge on any atom is 0.255 e. The van der Waals surface area contributed by atoms with E-state index < -0.39 is 0 Å². The molecule has 1 fully saturated rings. The van der Waals surface area contributed by atoms with Crippen molar-refractivity contribution in [3.63, 3.8) is 0 Å². The maximum absolute atomic E-state index is 6.53. The first kappa shape index (κ1) is 10.7. The van der Waals surface area contributed by atoms with Crippen molar-refractivity contribution in [3.05, 3.63) is 24.3 Å². The summed E-state index contributed by atoms with van der Waals surface area (Å²) in [6, 6.07) is 1.88. The van der Waals surface area contributed by atoms with E-state index in [0.29, 0.717) is 11.7 Å². The van der Waals surface area contributed by atoms with Crippen LogP contribution in [0.5, 0.6) is 0 Å². The summed E-state index contributed by atoms with van der Waals surface area (Å²) >= 11 is 0. The van der Waals surface area contributed by atoms with Crippen LogP contribution in [0.4, 0.5) is 0 Å². The Morgan fingerprint density at radius 2 is 2.35 bits per heavy atom. The molecule has 3 rings (SSSR count). The van der Waals surface area contributed by atoms with Crippen LogP contribution in [-0.2, 0) is 5.54 Å². The molecule has 2 heterocycles. The Labute approximate surface area is 100 Å². The number of nitrogens with zero attached hydrogens (tertiary/aromatic N) is 4. The van der Waals surface area contributed by atoms with Crippen molar-refractivity contribution >= 4 is 5.78 Å². The first-order valence-corrected chi connectivity index (χ1v) is 6.14. The van der Waals surface area contributed by atoms with E-state index in [-0.39, 0.29) is 5.54 Å².